The molecule has 0 aromatic heterocycles. The monoisotopic (exact) mass is 496 g/mol. The van der Waals surface area contributed by atoms with Crippen molar-refractivity contribution >= 4 is 26.0 Å². The van der Waals surface area contributed by atoms with Gasteiger partial charge in [-0.3, -0.25) is 4.79 Å². The van der Waals surface area contributed by atoms with E-state index >= 15 is 0 Å². The Labute approximate surface area is 213 Å². The molecule has 192 valence electrons. The lowest BCUT2D eigenvalue weighted by Gasteiger charge is -2.39. The van der Waals surface area contributed by atoms with E-state index in [4.69, 9.17) is 4.43 Å². The molecule has 35 heavy (non-hydrogen) atoms. The van der Waals surface area contributed by atoms with E-state index in [1.807, 2.05) is 49.4 Å². The van der Waals surface area contributed by atoms with Crippen molar-refractivity contribution < 1.29 is 14.0 Å². The third kappa shape index (κ3) is 9.52. The number of para-hydroxylation sites is 1. The van der Waals surface area contributed by atoms with Crippen LogP contribution in [0.15, 0.2) is 54.6 Å². The summed E-state index contributed by atoms with van der Waals surface area (Å²) in [6, 6.07) is 18.4. The maximum Gasteiger partial charge on any atom is 0.393 e. The summed E-state index contributed by atoms with van der Waals surface area (Å²) in [5, 5.41) is 5.71. The molecule has 0 saturated carbocycles. The largest absolute Gasteiger partial charge is 0.504 e. The highest BCUT2D eigenvalue weighted by atomic mass is 28.4. The molecule has 0 aliphatic carbocycles. The molecule has 2 N–H and O–H groups in total. The van der Waals surface area contributed by atoms with Crippen molar-refractivity contribution in [1.29, 1.82) is 0 Å². The number of rotatable bonds is 13. The molecular weight excluding hydrogens is 452 g/mol. The summed E-state index contributed by atoms with van der Waals surface area (Å²) < 4.78 is 5.86. The fourth-order valence-electron chi connectivity index (χ4n) is 4.71. The Morgan fingerprint density at radius 3 is 2.26 bits per heavy atom. The van der Waals surface area contributed by atoms with Gasteiger partial charge in [0.2, 0.25) is 0 Å². The highest BCUT2D eigenvalue weighted by Gasteiger charge is 2.38. The van der Waals surface area contributed by atoms with Crippen molar-refractivity contribution in [2.24, 2.45) is 11.3 Å². The lowest BCUT2D eigenvalue weighted by atomic mass is 9.71. The second kappa shape index (κ2) is 13.5. The van der Waals surface area contributed by atoms with Gasteiger partial charge in [-0.2, -0.15) is 0 Å². The molecule has 2 atom stereocenters. The predicted octanol–water partition coefficient (Wildman–Crippen LogP) is 7.66. The summed E-state index contributed by atoms with van der Waals surface area (Å²) in [6.45, 7) is 13.7. The molecule has 5 nitrogen and oxygen atoms in total. The molecule has 2 amide bonds. The van der Waals surface area contributed by atoms with E-state index in [0.29, 0.717) is 18.0 Å². The van der Waals surface area contributed by atoms with Crippen LogP contribution in [0.4, 0.5) is 10.5 Å². The summed E-state index contributed by atoms with van der Waals surface area (Å²) in [7, 11) is -2.17. The Hall–Kier alpha value is -2.60. The Kier molecular flexibility index (Phi) is 11.0. The van der Waals surface area contributed by atoms with Crippen molar-refractivity contribution in [3.05, 3.63) is 65.7 Å². The van der Waals surface area contributed by atoms with Crippen LogP contribution in [0.2, 0.25) is 19.1 Å². The number of amides is 2. The van der Waals surface area contributed by atoms with Crippen LogP contribution in [0.5, 0.6) is 0 Å². The van der Waals surface area contributed by atoms with Crippen LogP contribution >= 0.6 is 0 Å². The van der Waals surface area contributed by atoms with Crippen molar-refractivity contribution in [3.63, 3.8) is 0 Å². The van der Waals surface area contributed by atoms with Crippen molar-refractivity contribution in [3.8, 4) is 0 Å². The van der Waals surface area contributed by atoms with Crippen LogP contribution in [-0.2, 0) is 10.8 Å². The molecule has 2 rings (SSSR count). The molecular formula is C29H44N2O3Si. The molecule has 2 aromatic rings. The zero-order chi connectivity index (χ0) is 25.9. The number of hydrogen-bond donors (Lipinski definition) is 2. The van der Waals surface area contributed by atoms with Crippen LogP contribution in [0.1, 0.15) is 69.3 Å². The first kappa shape index (κ1) is 28.6. The van der Waals surface area contributed by atoms with Gasteiger partial charge in [0.05, 0.1) is 0 Å². The molecule has 6 heteroatoms. The van der Waals surface area contributed by atoms with Gasteiger partial charge in [-0.05, 0) is 80.1 Å². The summed E-state index contributed by atoms with van der Waals surface area (Å²) in [5.74, 6) is 0.300. The van der Waals surface area contributed by atoms with Gasteiger partial charge in [-0.25, -0.2) is 4.79 Å². The van der Waals surface area contributed by atoms with Crippen LogP contribution < -0.4 is 10.6 Å². The van der Waals surface area contributed by atoms with Crippen molar-refractivity contribution in [2.75, 3.05) is 11.9 Å². The molecule has 0 spiro atoms. The first-order valence-electron chi connectivity index (χ1n) is 13.0. The minimum atomic E-state index is -2.17. The molecule has 0 aliphatic rings. The average molecular weight is 497 g/mol. The topological polar surface area (TPSA) is 67.4 Å². The van der Waals surface area contributed by atoms with Gasteiger partial charge < -0.3 is 15.1 Å². The van der Waals surface area contributed by atoms with Crippen molar-refractivity contribution in [1.82, 2.24) is 5.32 Å². The smallest absolute Gasteiger partial charge is 0.393 e. The van der Waals surface area contributed by atoms with Gasteiger partial charge in [-0.15, -0.1) is 0 Å². The normalized spacial score (nSPS) is 14.0. The van der Waals surface area contributed by atoms with E-state index in [1.54, 1.807) is 0 Å². The van der Waals surface area contributed by atoms with Gasteiger partial charge in [-0.1, -0.05) is 70.4 Å². The fraction of sp³-hybridized carbons (Fsp3) is 0.517. The Balaban J connectivity index is 2.11. The number of carbonyl (C=O) groups excluding carboxylic acids is 2. The van der Waals surface area contributed by atoms with E-state index in [2.05, 4.69) is 56.6 Å². The van der Waals surface area contributed by atoms with E-state index in [0.717, 1.165) is 24.6 Å². The maximum atomic E-state index is 12.6. The number of nitrogens with one attached hydrogen (secondary N) is 2. The lowest BCUT2D eigenvalue weighted by molar-refractivity contribution is 0.102. The standard InChI is InChI=1S/C29H44N2O3Si/c1-7-9-13-20-29(4,23(3)22-35(5,6)34-28(33)30-8-2)21-24-16-18-25(19-17-24)27(32)31-26-14-11-10-12-15-26/h10-12,14-19,23H,7-9,13,20-22H2,1-6H3,(H,30,33)(H,31,32). The molecule has 0 heterocycles. The number of unbranched alkanes of at least 4 members (excludes halogenated alkanes) is 2. The van der Waals surface area contributed by atoms with Gasteiger partial charge in [0.15, 0.2) is 0 Å². The molecule has 0 radical (unpaired) electrons. The average Bonchev–Trinajstić information content (AvgIpc) is 2.79. The SMILES string of the molecule is CCCCCC(C)(Cc1ccc(C(=O)Nc2ccccc2)cc1)C(C)C[Si](C)(C)OC(=O)NCC. The Bertz CT molecular complexity index is 931. The van der Waals surface area contributed by atoms with E-state index < -0.39 is 8.32 Å². The Morgan fingerprint density at radius 1 is 1.00 bits per heavy atom. The number of carbonyl (C=O) groups is 2. The second-order valence-electron chi connectivity index (χ2n) is 10.6. The second-order valence-corrected chi connectivity index (χ2v) is 14.7. The molecule has 0 aliphatic heterocycles. The lowest BCUT2D eigenvalue weighted by Crippen LogP contribution is -2.42. The molecule has 0 fully saturated rings. The minimum absolute atomic E-state index is 0.0812. The summed E-state index contributed by atoms with van der Waals surface area (Å²) in [4.78, 5) is 24.7. The summed E-state index contributed by atoms with van der Waals surface area (Å²) in [5.41, 5.74) is 2.76. The fourth-order valence-corrected chi connectivity index (χ4v) is 7.33. The van der Waals surface area contributed by atoms with Gasteiger partial charge in [0.25, 0.3) is 14.2 Å². The summed E-state index contributed by atoms with van der Waals surface area (Å²) in [6.07, 6.45) is 5.36. The predicted molar refractivity (Wildman–Crippen MR) is 148 cm³/mol. The summed E-state index contributed by atoms with van der Waals surface area (Å²) >= 11 is 0. The van der Waals surface area contributed by atoms with Gasteiger partial charge in [0, 0.05) is 17.8 Å². The molecule has 2 unspecified atom stereocenters. The van der Waals surface area contributed by atoms with Crippen LogP contribution in [-0.4, -0.2) is 26.9 Å². The zero-order valence-electron chi connectivity index (χ0n) is 22.4. The van der Waals surface area contributed by atoms with Gasteiger partial charge in [0.1, 0.15) is 0 Å². The quantitative estimate of drug-likeness (QED) is 0.221. The first-order valence-corrected chi connectivity index (χ1v) is 16.1. The highest BCUT2D eigenvalue weighted by Crippen LogP contribution is 2.41. The molecule has 2 aromatic carbocycles. The number of benzene rings is 2. The van der Waals surface area contributed by atoms with Gasteiger partial charge >= 0.3 is 6.09 Å². The van der Waals surface area contributed by atoms with E-state index in [1.165, 1.54) is 24.8 Å². The third-order valence-corrected chi connectivity index (χ3v) is 9.22. The first-order chi connectivity index (χ1) is 16.6. The zero-order valence-corrected chi connectivity index (χ0v) is 23.4. The Morgan fingerprint density at radius 2 is 1.66 bits per heavy atom. The maximum absolute atomic E-state index is 12.6. The highest BCUT2D eigenvalue weighted by molar-refractivity contribution is 6.72. The van der Waals surface area contributed by atoms with E-state index in [-0.39, 0.29) is 17.4 Å². The number of anilines is 1. The third-order valence-electron chi connectivity index (χ3n) is 6.88. The molecule has 0 saturated heterocycles. The van der Waals surface area contributed by atoms with Crippen LogP contribution in [0.3, 0.4) is 0 Å². The van der Waals surface area contributed by atoms with Crippen LogP contribution in [0, 0.1) is 11.3 Å². The minimum Gasteiger partial charge on any atom is -0.504 e. The number of hydrogen-bond acceptors (Lipinski definition) is 3. The van der Waals surface area contributed by atoms with E-state index in [9.17, 15) is 9.59 Å². The molecule has 0 bridgehead atoms. The van der Waals surface area contributed by atoms with Crippen LogP contribution in [0.25, 0.3) is 0 Å². The van der Waals surface area contributed by atoms with Crippen molar-refractivity contribution in [2.45, 2.75) is 78.9 Å².